The monoisotopic (exact) mass is 329 g/mol. The van der Waals surface area contributed by atoms with Crippen molar-refractivity contribution in [3.05, 3.63) is 29.4 Å². The molecule has 0 N–H and O–H groups in total. The Morgan fingerprint density at radius 3 is 2.91 bits per heavy atom. The number of aromatic nitrogens is 3. The molecule has 118 valence electrons. The molecule has 0 aliphatic carbocycles. The van der Waals surface area contributed by atoms with Crippen LogP contribution in [0, 0.1) is 6.92 Å². The predicted molar refractivity (Wildman–Crippen MR) is 88.5 cm³/mol. The normalized spacial score (nSPS) is 11.4. The summed E-state index contributed by atoms with van der Waals surface area (Å²) in [7, 11) is 1.62. The van der Waals surface area contributed by atoms with E-state index in [1.165, 1.54) is 0 Å². The summed E-state index contributed by atoms with van der Waals surface area (Å²) in [5.74, 6) is 2.13. The van der Waals surface area contributed by atoms with E-state index in [0.29, 0.717) is 23.7 Å². The van der Waals surface area contributed by atoms with Crippen molar-refractivity contribution in [1.29, 1.82) is 0 Å². The standard InChI is InChI=1S/C16H15N3O3S/c1-4-21-13-5-10(20-3)6-14-11(13)7-15(22-14)12-8-19-16(17-12)23-9(2)18-19/h5-8H,4H2,1-3H3. The molecule has 0 radical (unpaired) electrons. The number of ether oxygens (including phenoxy) is 2. The van der Waals surface area contributed by atoms with Crippen LogP contribution in [-0.2, 0) is 0 Å². The molecule has 23 heavy (non-hydrogen) atoms. The van der Waals surface area contributed by atoms with Gasteiger partial charge in [0.15, 0.2) is 5.76 Å². The first-order valence-corrected chi connectivity index (χ1v) is 8.07. The summed E-state index contributed by atoms with van der Waals surface area (Å²) >= 11 is 1.55. The molecule has 7 heteroatoms. The van der Waals surface area contributed by atoms with Crippen LogP contribution < -0.4 is 9.47 Å². The number of aryl methyl sites for hydroxylation is 1. The van der Waals surface area contributed by atoms with E-state index in [0.717, 1.165) is 26.8 Å². The molecular formula is C16H15N3O3S. The van der Waals surface area contributed by atoms with Gasteiger partial charge in [0.1, 0.15) is 27.8 Å². The van der Waals surface area contributed by atoms with Crippen LogP contribution >= 0.6 is 11.3 Å². The SMILES string of the molecule is CCOc1cc(OC)cc2oc(-c3cn4nc(C)sc4n3)cc12. The van der Waals surface area contributed by atoms with Crippen LogP contribution in [0.4, 0.5) is 0 Å². The molecule has 0 saturated heterocycles. The van der Waals surface area contributed by atoms with Crippen LogP contribution in [0.2, 0.25) is 0 Å². The Labute approximate surface area is 136 Å². The summed E-state index contributed by atoms with van der Waals surface area (Å²) in [4.78, 5) is 5.42. The number of nitrogens with zero attached hydrogens (tertiary/aromatic N) is 3. The third-order valence-electron chi connectivity index (χ3n) is 3.51. The maximum absolute atomic E-state index is 5.95. The van der Waals surface area contributed by atoms with Gasteiger partial charge in [0.25, 0.3) is 0 Å². The number of rotatable bonds is 4. The van der Waals surface area contributed by atoms with Crippen molar-refractivity contribution in [3.8, 4) is 23.0 Å². The second kappa shape index (κ2) is 5.27. The number of methoxy groups -OCH3 is 1. The predicted octanol–water partition coefficient (Wildman–Crippen LogP) is 3.92. The zero-order valence-corrected chi connectivity index (χ0v) is 13.8. The van der Waals surface area contributed by atoms with Gasteiger partial charge in [-0.3, -0.25) is 0 Å². The van der Waals surface area contributed by atoms with Gasteiger partial charge in [-0.25, -0.2) is 9.50 Å². The molecule has 0 saturated carbocycles. The molecule has 1 aromatic carbocycles. The minimum atomic E-state index is 0.576. The molecule has 4 rings (SSSR count). The quantitative estimate of drug-likeness (QED) is 0.568. The fourth-order valence-electron chi connectivity index (χ4n) is 2.52. The second-order valence-corrected chi connectivity index (χ2v) is 6.22. The lowest BCUT2D eigenvalue weighted by molar-refractivity contribution is 0.340. The van der Waals surface area contributed by atoms with E-state index in [9.17, 15) is 0 Å². The average molecular weight is 329 g/mol. The van der Waals surface area contributed by atoms with Crippen molar-refractivity contribution in [2.45, 2.75) is 13.8 Å². The summed E-state index contributed by atoms with van der Waals surface area (Å²) in [5, 5.41) is 6.26. The average Bonchev–Trinajstić information content (AvgIpc) is 3.18. The van der Waals surface area contributed by atoms with E-state index in [4.69, 9.17) is 13.9 Å². The lowest BCUT2D eigenvalue weighted by Crippen LogP contribution is -1.92. The molecule has 3 aromatic heterocycles. The van der Waals surface area contributed by atoms with E-state index in [1.807, 2.05) is 38.2 Å². The zero-order chi connectivity index (χ0) is 16.0. The van der Waals surface area contributed by atoms with Crippen LogP contribution in [0.15, 0.2) is 28.8 Å². The number of hydrogen-bond donors (Lipinski definition) is 0. The van der Waals surface area contributed by atoms with Crippen molar-refractivity contribution in [1.82, 2.24) is 14.6 Å². The molecule has 0 unspecified atom stereocenters. The highest BCUT2D eigenvalue weighted by Crippen LogP contribution is 2.36. The van der Waals surface area contributed by atoms with Crippen molar-refractivity contribution in [2.24, 2.45) is 0 Å². The van der Waals surface area contributed by atoms with E-state index < -0.39 is 0 Å². The van der Waals surface area contributed by atoms with Gasteiger partial charge >= 0.3 is 0 Å². The molecule has 0 aliphatic heterocycles. The fraction of sp³-hybridized carbons (Fsp3) is 0.250. The number of furan rings is 1. The first-order valence-electron chi connectivity index (χ1n) is 7.25. The Hall–Kier alpha value is -2.54. The summed E-state index contributed by atoms with van der Waals surface area (Å²) in [6, 6.07) is 5.66. The molecule has 0 atom stereocenters. The summed E-state index contributed by atoms with van der Waals surface area (Å²) < 4.78 is 18.7. The third-order valence-corrected chi connectivity index (χ3v) is 4.34. The Kier molecular flexibility index (Phi) is 3.23. The molecule has 0 bridgehead atoms. The van der Waals surface area contributed by atoms with Gasteiger partial charge in [0.2, 0.25) is 4.96 Å². The Bertz CT molecular complexity index is 967. The summed E-state index contributed by atoms with van der Waals surface area (Å²) in [6.07, 6.45) is 1.87. The van der Waals surface area contributed by atoms with E-state index in [-0.39, 0.29) is 0 Å². The molecular weight excluding hydrogens is 314 g/mol. The Morgan fingerprint density at radius 2 is 2.17 bits per heavy atom. The lowest BCUT2D eigenvalue weighted by atomic mass is 10.2. The van der Waals surface area contributed by atoms with Gasteiger partial charge in [-0.2, -0.15) is 5.10 Å². The molecule has 0 fully saturated rings. The number of imidazole rings is 1. The van der Waals surface area contributed by atoms with Crippen LogP contribution in [-0.4, -0.2) is 28.3 Å². The van der Waals surface area contributed by atoms with Gasteiger partial charge in [-0.1, -0.05) is 11.3 Å². The fourth-order valence-corrected chi connectivity index (χ4v) is 3.24. The number of hydrogen-bond acceptors (Lipinski definition) is 6. The molecule has 6 nitrogen and oxygen atoms in total. The minimum absolute atomic E-state index is 0.576. The number of benzene rings is 1. The lowest BCUT2D eigenvalue weighted by Gasteiger charge is -2.06. The molecule has 0 aliphatic rings. The van der Waals surface area contributed by atoms with E-state index in [1.54, 1.807) is 23.0 Å². The van der Waals surface area contributed by atoms with Crippen LogP contribution in [0.1, 0.15) is 11.9 Å². The first-order chi connectivity index (χ1) is 11.2. The minimum Gasteiger partial charge on any atom is -0.496 e. The molecule has 4 aromatic rings. The first kappa shape index (κ1) is 14.1. The molecule has 0 amide bonds. The summed E-state index contributed by atoms with van der Waals surface area (Å²) in [5.41, 5.74) is 1.46. The van der Waals surface area contributed by atoms with Crippen LogP contribution in [0.5, 0.6) is 11.5 Å². The largest absolute Gasteiger partial charge is 0.496 e. The van der Waals surface area contributed by atoms with E-state index >= 15 is 0 Å². The van der Waals surface area contributed by atoms with Crippen molar-refractivity contribution < 1.29 is 13.9 Å². The van der Waals surface area contributed by atoms with Gasteiger partial charge in [-0.15, -0.1) is 0 Å². The molecule has 3 heterocycles. The smallest absolute Gasteiger partial charge is 0.212 e. The Balaban J connectivity index is 1.86. The maximum atomic E-state index is 5.95. The highest BCUT2D eigenvalue weighted by atomic mass is 32.1. The van der Waals surface area contributed by atoms with Crippen LogP contribution in [0.3, 0.4) is 0 Å². The maximum Gasteiger partial charge on any atom is 0.212 e. The second-order valence-electron chi connectivity index (χ2n) is 5.06. The third kappa shape index (κ3) is 2.33. The van der Waals surface area contributed by atoms with Crippen molar-refractivity contribution in [2.75, 3.05) is 13.7 Å². The highest BCUT2D eigenvalue weighted by Gasteiger charge is 2.16. The van der Waals surface area contributed by atoms with Crippen LogP contribution in [0.25, 0.3) is 27.4 Å². The zero-order valence-electron chi connectivity index (χ0n) is 13.0. The molecule has 0 spiro atoms. The topological polar surface area (TPSA) is 61.8 Å². The van der Waals surface area contributed by atoms with Gasteiger partial charge in [-0.05, 0) is 19.9 Å². The van der Waals surface area contributed by atoms with Gasteiger partial charge < -0.3 is 13.9 Å². The van der Waals surface area contributed by atoms with Crippen molar-refractivity contribution in [3.63, 3.8) is 0 Å². The van der Waals surface area contributed by atoms with E-state index in [2.05, 4.69) is 10.1 Å². The van der Waals surface area contributed by atoms with Crippen molar-refractivity contribution >= 4 is 27.3 Å². The van der Waals surface area contributed by atoms with Gasteiger partial charge in [0.05, 0.1) is 25.3 Å². The number of fused-ring (bicyclic) bond motifs is 2. The van der Waals surface area contributed by atoms with Gasteiger partial charge in [0, 0.05) is 12.1 Å². The highest BCUT2D eigenvalue weighted by molar-refractivity contribution is 7.16. The summed E-state index contributed by atoms with van der Waals surface area (Å²) in [6.45, 7) is 4.48. The Morgan fingerprint density at radius 1 is 1.30 bits per heavy atom.